The molecule has 184 valence electrons. The molecular weight excluding hydrogens is 412 g/mol. The van der Waals surface area contributed by atoms with Crippen molar-refractivity contribution in [1.29, 1.82) is 0 Å². The topological polar surface area (TPSA) is 64.7 Å². The van der Waals surface area contributed by atoms with Gasteiger partial charge in [0.05, 0.1) is 6.54 Å². The number of benzene rings is 1. The molecule has 1 aliphatic carbocycles. The Labute approximate surface area is 200 Å². The molecule has 6 heteroatoms. The number of hydrogen-bond donors (Lipinski definition) is 2. The van der Waals surface area contributed by atoms with Crippen molar-refractivity contribution >= 4 is 11.8 Å². The Morgan fingerprint density at radius 2 is 1.76 bits per heavy atom. The van der Waals surface area contributed by atoms with Crippen LogP contribution < -0.4 is 10.6 Å². The number of nitrogens with one attached hydrogen (secondary N) is 2. The molecule has 3 aliphatic rings. The van der Waals surface area contributed by atoms with Gasteiger partial charge in [0.1, 0.15) is 6.04 Å². The molecule has 1 aromatic carbocycles. The number of carbonyl (C=O) groups is 2. The van der Waals surface area contributed by atoms with Crippen LogP contribution in [0.3, 0.4) is 0 Å². The van der Waals surface area contributed by atoms with Crippen LogP contribution in [0.25, 0.3) is 0 Å². The van der Waals surface area contributed by atoms with Gasteiger partial charge in [0.15, 0.2) is 0 Å². The summed E-state index contributed by atoms with van der Waals surface area (Å²) in [5.41, 5.74) is 1.37. The highest BCUT2D eigenvalue weighted by Gasteiger charge is 2.44. The molecular formula is C27H44N4O2. The molecule has 33 heavy (non-hydrogen) atoms. The Hall–Kier alpha value is -1.92. The summed E-state index contributed by atoms with van der Waals surface area (Å²) >= 11 is 0. The van der Waals surface area contributed by atoms with Gasteiger partial charge < -0.3 is 20.4 Å². The van der Waals surface area contributed by atoms with E-state index in [1.165, 1.54) is 18.4 Å². The SMILES string of the molecule is C.CNCC(=O)NC(C(=O)N1CCC2CCN(CCc3ccccc3)CC21)C1CCCCC1. The lowest BCUT2D eigenvalue weighted by atomic mass is 9.83. The average Bonchev–Trinajstić information content (AvgIpc) is 3.25. The molecule has 2 heterocycles. The van der Waals surface area contributed by atoms with Crippen molar-refractivity contribution in [2.24, 2.45) is 11.8 Å². The number of amides is 2. The third-order valence-corrected chi connectivity index (χ3v) is 7.83. The van der Waals surface area contributed by atoms with Gasteiger partial charge in [-0.25, -0.2) is 0 Å². The molecule has 2 amide bonds. The van der Waals surface area contributed by atoms with Gasteiger partial charge in [0.25, 0.3) is 0 Å². The number of fused-ring (bicyclic) bond motifs is 1. The molecule has 2 N–H and O–H groups in total. The van der Waals surface area contributed by atoms with E-state index in [9.17, 15) is 9.59 Å². The maximum absolute atomic E-state index is 13.8. The quantitative estimate of drug-likeness (QED) is 0.631. The number of piperidine rings is 1. The number of likely N-dealkylation sites (tertiary alicyclic amines) is 2. The normalized spacial score (nSPS) is 24.6. The fourth-order valence-electron chi connectivity index (χ4n) is 6.03. The molecule has 1 aromatic rings. The molecule has 0 bridgehead atoms. The van der Waals surface area contributed by atoms with Gasteiger partial charge in [0, 0.05) is 25.7 Å². The Kier molecular flexibility index (Phi) is 9.75. The molecule has 6 nitrogen and oxygen atoms in total. The molecule has 3 atom stereocenters. The average molecular weight is 457 g/mol. The molecule has 2 saturated heterocycles. The van der Waals surface area contributed by atoms with Crippen LogP contribution in [0.2, 0.25) is 0 Å². The summed E-state index contributed by atoms with van der Waals surface area (Å²) in [4.78, 5) is 30.9. The number of likely N-dealkylation sites (N-methyl/N-ethyl adjacent to an activating group) is 1. The van der Waals surface area contributed by atoms with Crippen molar-refractivity contribution in [3.05, 3.63) is 35.9 Å². The van der Waals surface area contributed by atoms with Gasteiger partial charge >= 0.3 is 0 Å². The van der Waals surface area contributed by atoms with E-state index in [1.807, 2.05) is 0 Å². The highest BCUT2D eigenvalue weighted by molar-refractivity contribution is 5.89. The molecule has 0 aromatic heterocycles. The number of rotatable bonds is 8. The predicted octanol–water partition coefficient (Wildman–Crippen LogP) is 3.07. The van der Waals surface area contributed by atoms with Crippen molar-refractivity contribution in [3.63, 3.8) is 0 Å². The minimum atomic E-state index is -0.366. The summed E-state index contributed by atoms with van der Waals surface area (Å²) < 4.78 is 0. The van der Waals surface area contributed by atoms with Crippen molar-refractivity contribution in [1.82, 2.24) is 20.4 Å². The predicted molar refractivity (Wildman–Crippen MR) is 134 cm³/mol. The fraction of sp³-hybridized carbons (Fsp3) is 0.704. The second-order valence-electron chi connectivity index (χ2n) is 9.95. The molecule has 2 aliphatic heterocycles. The lowest BCUT2D eigenvalue weighted by Gasteiger charge is -2.40. The van der Waals surface area contributed by atoms with Gasteiger partial charge in [-0.05, 0) is 63.1 Å². The first-order valence-corrected chi connectivity index (χ1v) is 12.7. The first-order chi connectivity index (χ1) is 15.7. The van der Waals surface area contributed by atoms with Crippen LogP contribution in [0, 0.1) is 11.8 Å². The molecule has 1 saturated carbocycles. The Bertz CT molecular complexity index is 750. The van der Waals surface area contributed by atoms with Crippen LogP contribution in [-0.4, -0.2) is 73.5 Å². The third-order valence-electron chi connectivity index (χ3n) is 7.83. The zero-order chi connectivity index (χ0) is 22.3. The van der Waals surface area contributed by atoms with Crippen molar-refractivity contribution < 1.29 is 9.59 Å². The minimum Gasteiger partial charge on any atom is -0.343 e. The summed E-state index contributed by atoms with van der Waals surface area (Å²) in [5.74, 6) is 0.972. The molecule has 0 spiro atoms. The van der Waals surface area contributed by atoms with Crippen molar-refractivity contribution in [2.75, 3.05) is 39.8 Å². The van der Waals surface area contributed by atoms with E-state index in [2.05, 4.69) is 50.8 Å². The number of nitrogens with zero attached hydrogens (tertiary/aromatic N) is 2. The summed E-state index contributed by atoms with van der Waals surface area (Å²) in [5, 5.41) is 6.03. The molecule has 0 radical (unpaired) electrons. The summed E-state index contributed by atoms with van der Waals surface area (Å²) in [7, 11) is 1.77. The van der Waals surface area contributed by atoms with Gasteiger partial charge in [-0.2, -0.15) is 0 Å². The smallest absolute Gasteiger partial charge is 0.245 e. The highest BCUT2D eigenvalue weighted by Crippen LogP contribution is 2.34. The van der Waals surface area contributed by atoms with E-state index in [0.717, 1.165) is 64.7 Å². The summed E-state index contributed by atoms with van der Waals surface area (Å²) in [6.45, 7) is 4.23. The van der Waals surface area contributed by atoms with Gasteiger partial charge in [-0.15, -0.1) is 0 Å². The Morgan fingerprint density at radius 3 is 2.48 bits per heavy atom. The summed E-state index contributed by atoms with van der Waals surface area (Å²) in [6, 6.07) is 10.6. The molecule has 4 rings (SSSR count). The van der Waals surface area contributed by atoms with Crippen LogP contribution >= 0.6 is 0 Å². The van der Waals surface area contributed by atoms with E-state index in [1.54, 1.807) is 7.05 Å². The van der Waals surface area contributed by atoms with Crippen LogP contribution in [0.15, 0.2) is 30.3 Å². The van der Waals surface area contributed by atoms with Gasteiger partial charge in [-0.3, -0.25) is 9.59 Å². The number of hydrogen-bond acceptors (Lipinski definition) is 4. The highest BCUT2D eigenvalue weighted by atomic mass is 16.2. The van der Waals surface area contributed by atoms with E-state index in [4.69, 9.17) is 0 Å². The third kappa shape index (κ3) is 6.57. The van der Waals surface area contributed by atoms with Gasteiger partial charge in [-0.1, -0.05) is 57.0 Å². The molecule has 3 unspecified atom stereocenters. The standard InChI is InChI=1S/C26H40N4O2.CH4/c1-27-18-24(31)28-25(22-10-6-3-7-11-22)26(32)30-17-14-21-13-16-29(19-23(21)30)15-12-20-8-4-2-5-9-20;/h2,4-5,8-9,21-23,25,27H,3,6-7,10-19H2,1H3,(H,28,31);1H4. The Morgan fingerprint density at radius 1 is 1.03 bits per heavy atom. The van der Waals surface area contributed by atoms with Crippen LogP contribution in [0.4, 0.5) is 0 Å². The van der Waals surface area contributed by atoms with Crippen molar-refractivity contribution in [2.45, 2.75) is 70.9 Å². The zero-order valence-corrected chi connectivity index (χ0v) is 19.6. The maximum atomic E-state index is 13.8. The summed E-state index contributed by atoms with van der Waals surface area (Å²) in [6.07, 6.45) is 8.98. The van der Waals surface area contributed by atoms with Crippen LogP contribution in [0.1, 0.15) is 57.9 Å². The van der Waals surface area contributed by atoms with Crippen LogP contribution in [-0.2, 0) is 16.0 Å². The second-order valence-corrected chi connectivity index (χ2v) is 9.95. The first-order valence-electron chi connectivity index (χ1n) is 12.7. The zero-order valence-electron chi connectivity index (χ0n) is 19.6. The second kappa shape index (κ2) is 12.5. The first kappa shape index (κ1) is 25.7. The lowest BCUT2D eigenvalue weighted by Crippen LogP contribution is -2.58. The minimum absolute atomic E-state index is 0. The van der Waals surface area contributed by atoms with E-state index in [-0.39, 0.29) is 37.7 Å². The van der Waals surface area contributed by atoms with E-state index in [0.29, 0.717) is 12.0 Å². The van der Waals surface area contributed by atoms with Crippen LogP contribution in [0.5, 0.6) is 0 Å². The lowest BCUT2D eigenvalue weighted by molar-refractivity contribution is -0.140. The monoisotopic (exact) mass is 456 g/mol. The fourth-order valence-corrected chi connectivity index (χ4v) is 6.03. The van der Waals surface area contributed by atoms with Gasteiger partial charge in [0.2, 0.25) is 11.8 Å². The van der Waals surface area contributed by atoms with Crippen molar-refractivity contribution in [3.8, 4) is 0 Å². The number of carbonyl (C=O) groups excluding carboxylic acids is 2. The van der Waals surface area contributed by atoms with E-state index < -0.39 is 0 Å². The maximum Gasteiger partial charge on any atom is 0.245 e. The Balaban J connectivity index is 0.00000306. The molecule has 3 fully saturated rings. The van der Waals surface area contributed by atoms with E-state index >= 15 is 0 Å². The largest absolute Gasteiger partial charge is 0.343 e.